The Hall–Kier alpha value is -1.81. The van der Waals surface area contributed by atoms with Crippen molar-refractivity contribution in [1.82, 2.24) is 14.5 Å². The number of aliphatic hydroxyl groups is 3. The van der Waals surface area contributed by atoms with Crippen molar-refractivity contribution in [3.8, 4) is 0 Å². The van der Waals surface area contributed by atoms with E-state index in [-0.39, 0.29) is 5.82 Å². The van der Waals surface area contributed by atoms with E-state index >= 15 is 0 Å². The minimum atomic E-state index is -1.32. The van der Waals surface area contributed by atoms with E-state index < -0.39 is 36.8 Å². The highest BCUT2D eigenvalue weighted by atomic mass is 16.6. The molecule has 1 saturated heterocycles. The van der Waals surface area contributed by atoms with Crippen LogP contribution in [0.3, 0.4) is 0 Å². The van der Waals surface area contributed by atoms with Crippen molar-refractivity contribution < 1.29 is 20.1 Å². The maximum atomic E-state index is 11.9. The fourth-order valence-electron chi connectivity index (χ4n) is 1.95. The van der Waals surface area contributed by atoms with Gasteiger partial charge in [-0.15, -0.1) is 0 Å². The molecule has 9 nitrogen and oxygen atoms in total. The van der Waals surface area contributed by atoms with Gasteiger partial charge in [-0.1, -0.05) is 0 Å². The maximum absolute atomic E-state index is 11.9. The fraction of sp³-hybridized carbons (Fsp3) is 0.583. The lowest BCUT2D eigenvalue weighted by atomic mass is 10.1. The van der Waals surface area contributed by atoms with Crippen molar-refractivity contribution in [1.29, 1.82) is 0 Å². The van der Waals surface area contributed by atoms with Gasteiger partial charge in [-0.25, -0.2) is 9.79 Å². The lowest BCUT2D eigenvalue weighted by Crippen LogP contribution is -2.35. The minimum absolute atomic E-state index is 0.219. The first kappa shape index (κ1) is 15.6. The van der Waals surface area contributed by atoms with Gasteiger partial charge >= 0.3 is 5.69 Å². The smallest absolute Gasteiger partial charge is 0.351 e. The Bertz CT molecular complexity index is 573. The molecule has 2 heterocycles. The molecule has 9 heteroatoms. The van der Waals surface area contributed by atoms with Crippen LogP contribution in [0.15, 0.2) is 22.1 Å². The average molecular weight is 298 g/mol. The third-order valence-corrected chi connectivity index (χ3v) is 3.03. The number of aromatic nitrogens is 2. The fourth-order valence-corrected chi connectivity index (χ4v) is 1.95. The van der Waals surface area contributed by atoms with Crippen molar-refractivity contribution in [2.24, 2.45) is 4.99 Å². The van der Waals surface area contributed by atoms with Gasteiger partial charge in [0.05, 0.1) is 12.9 Å². The van der Waals surface area contributed by atoms with Gasteiger partial charge < -0.3 is 25.0 Å². The van der Waals surface area contributed by atoms with Gasteiger partial charge in [0, 0.05) is 20.3 Å². The van der Waals surface area contributed by atoms with E-state index in [9.17, 15) is 15.0 Å². The Morgan fingerprint density at radius 1 is 1.48 bits per heavy atom. The largest absolute Gasteiger partial charge is 0.394 e. The molecule has 0 spiro atoms. The lowest BCUT2D eigenvalue weighted by Gasteiger charge is -2.16. The number of rotatable bonds is 4. The van der Waals surface area contributed by atoms with E-state index in [0.717, 1.165) is 4.57 Å². The SMILES string of the molecule is CN(C)/C=N\c1ccn([C@@H]2O[C@H](CO)C(O)[C@@H]2O)c(=O)n1. The summed E-state index contributed by atoms with van der Waals surface area (Å²) in [5.41, 5.74) is -0.668. The first-order chi connectivity index (χ1) is 9.93. The molecule has 2 rings (SSSR count). The summed E-state index contributed by atoms with van der Waals surface area (Å²) in [7, 11) is 3.56. The normalized spacial score (nSPS) is 29.2. The number of aliphatic hydroxyl groups excluding tert-OH is 3. The Labute approximate surface area is 120 Å². The van der Waals surface area contributed by atoms with Crippen molar-refractivity contribution in [3.05, 3.63) is 22.7 Å². The summed E-state index contributed by atoms with van der Waals surface area (Å²) in [4.78, 5) is 21.4. The predicted octanol–water partition coefficient (Wildman–Crippen LogP) is -1.92. The van der Waals surface area contributed by atoms with E-state index in [0.29, 0.717) is 0 Å². The second-order valence-corrected chi connectivity index (χ2v) is 4.91. The Balaban J connectivity index is 2.24. The monoisotopic (exact) mass is 298 g/mol. The summed E-state index contributed by atoms with van der Waals surface area (Å²) in [6.07, 6.45) is -1.75. The third-order valence-electron chi connectivity index (χ3n) is 3.03. The van der Waals surface area contributed by atoms with Gasteiger partial charge in [-0.2, -0.15) is 4.98 Å². The second kappa shape index (κ2) is 6.31. The predicted molar refractivity (Wildman–Crippen MR) is 73.3 cm³/mol. The zero-order chi connectivity index (χ0) is 15.6. The van der Waals surface area contributed by atoms with Crippen LogP contribution in [0.1, 0.15) is 6.23 Å². The van der Waals surface area contributed by atoms with E-state index in [1.165, 1.54) is 18.6 Å². The molecule has 3 N–H and O–H groups in total. The molecule has 1 aliphatic heterocycles. The quantitative estimate of drug-likeness (QED) is 0.437. The lowest BCUT2D eigenvalue weighted by molar-refractivity contribution is -0.0549. The van der Waals surface area contributed by atoms with Crippen molar-refractivity contribution in [2.45, 2.75) is 24.5 Å². The Kier molecular flexibility index (Phi) is 4.68. The van der Waals surface area contributed by atoms with E-state index in [1.54, 1.807) is 19.0 Å². The molecular formula is C12H18N4O5. The van der Waals surface area contributed by atoms with Gasteiger partial charge in [0.25, 0.3) is 0 Å². The van der Waals surface area contributed by atoms with Gasteiger partial charge in [0.15, 0.2) is 12.0 Å². The molecule has 1 fully saturated rings. The molecule has 116 valence electrons. The summed E-state index contributed by atoms with van der Waals surface area (Å²) in [5, 5.41) is 28.6. The van der Waals surface area contributed by atoms with Crippen LogP contribution in [0.2, 0.25) is 0 Å². The highest BCUT2D eigenvalue weighted by molar-refractivity contribution is 5.58. The summed E-state index contributed by atoms with van der Waals surface area (Å²) < 4.78 is 6.32. The molecule has 0 saturated carbocycles. The summed E-state index contributed by atoms with van der Waals surface area (Å²) in [6, 6.07) is 1.48. The number of nitrogens with zero attached hydrogens (tertiary/aromatic N) is 4. The molecule has 1 aromatic heterocycles. The maximum Gasteiger partial charge on any atom is 0.351 e. The molecule has 0 radical (unpaired) electrons. The molecule has 0 aliphatic carbocycles. The second-order valence-electron chi connectivity index (χ2n) is 4.91. The Morgan fingerprint density at radius 3 is 2.71 bits per heavy atom. The van der Waals surface area contributed by atoms with Crippen LogP contribution >= 0.6 is 0 Å². The zero-order valence-electron chi connectivity index (χ0n) is 11.7. The molecule has 0 amide bonds. The molecular weight excluding hydrogens is 280 g/mol. The van der Waals surface area contributed by atoms with Crippen molar-refractivity contribution in [3.63, 3.8) is 0 Å². The average Bonchev–Trinajstić information content (AvgIpc) is 2.73. The van der Waals surface area contributed by atoms with Crippen LogP contribution in [0.25, 0.3) is 0 Å². The van der Waals surface area contributed by atoms with E-state index in [4.69, 9.17) is 9.84 Å². The number of ether oxygens (including phenoxy) is 1. The van der Waals surface area contributed by atoms with Gasteiger partial charge in [0.2, 0.25) is 0 Å². The summed E-state index contributed by atoms with van der Waals surface area (Å²) >= 11 is 0. The van der Waals surface area contributed by atoms with Crippen LogP contribution in [-0.4, -0.2) is 75.1 Å². The molecule has 1 aliphatic rings. The molecule has 4 atom stereocenters. The van der Waals surface area contributed by atoms with Crippen molar-refractivity contribution >= 4 is 12.2 Å². The molecule has 21 heavy (non-hydrogen) atoms. The number of hydrogen-bond donors (Lipinski definition) is 3. The molecule has 1 unspecified atom stereocenters. The van der Waals surface area contributed by atoms with Crippen LogP contribution in [0.4, 0.5) is 5.82 Å². The Morgan fingerprint density at radius 2 is 2.19 bits per heavy atom. The minimum Gasteiger partial charge on any atom is -0.394 e. The summed E-state index contributed by atoms with van der Waals surface area (Å²) in [5.74, 6) is 0.219. The topological polar surface area (TPSA) is 120 Å². The zero-order valence-corrected chi connectivity index (χ0v) is 11.7. The molecule has 0 bridgehead atoms. The first-order valence-corrected chi connectivity index (χ1v) is 6.36. The number of aliphatic imine (C=N–C) groups is 1. The van der Waals surface area contributed by atoms with Crippen LogP contribution in [-0.2, 0) is 4.74 Å². The van der Waals surface area contributed by atoms with Crippen LogP contribution in [0.5, 0.6) is 0 Å². The third kappa shape index (κ3) is 3.27. The van der Waals surface area contributed by atoms with Gasteiger partial charge in [0.1, 0.15) is 18.3 Å². The van der Waals surface area contributed by atoms with Gasteiger partial charge in [-0.05, 0) is 6.07 Å². The number of hydrogen-bond acceptors (Lipinski definition) is 7. The highest BCUT2D eigenvalue weighted by Crippen LogP contribution is 2.28. The highest BCUT2D eigenvalue weighted by Gasteiger charge is 2.43. The van der Waals surface area contributed by atoms with Gasteiger partial charge in [-0.3, -0.25) is 4.57 Å². The molecule has 1 aromatic rings. The standard InChI is InChI=1S/C12H18N4O5/c1-15(2)6-13-8-3-4-16(12(20)14-8)11-10(19)9(18)7(5-17)21-11/h3-4,6-7,9-11,17-19H,5H2,1-2H3/b13-6-/t7-,9?,10+,11-/m1/s1. The molecule has 0 aromatic carbocycles. The van der Waals surface area contributed by atoms with Crippen molar-refractivity contribution in [2.75, 3.05) is 20.7 Å². The summed E-state index contributed by atoms with van der Waals surface area (Å²) in [6.45, 7) is -0.456. The van der Waals surface area contributed by atoms with E-state index in [1.807, 2.05) is 0 Å². The van der Waals surface area contributed by atoms with Crippen LogP contribution in [0, 0.1) is 0 Å². The van der Waals surface area contributed by atoms with Crippen LogP contribution < -0.4 is 5.69 Å². The first-order valence-electron chi connectivity index (χ1n) is 6.36. The van der Waals surface area contributed by atoms with E-state index in [2.05, 4.69) is 9.98 Å².